The highest BCUT2D eigenvalue weighted by Crippen LogP contribution is 2.30. The van der Waals surface area contributed by atoms with Crippen molar-refractivity contribution in [2.45, 2.75) is 49.6 Å². The van der Waals surface area contributed by atoms with E-state index in [1.807, 2.05) is 0 Å². The number of hydrogen-bond donors (Lipinski definition) is 1. The zero-order valence-corrected chi connectivity index (χ0v) is 21.4. The Morgan fingerprint density at radius 3 is 2.32 bits per heavy atom. The fourth-order valence-corrected chi connectivity index (χ4v) is 6.31. The minimum absolute atomic E-state index is 0.104. The van der Waals surface area contributed by atoms with Crippen molar-refractivity contribution in [1.82, 2.24) is 14.5 Å². The van der Waals surface area contributed by atoms with Crippen LogP contribution in [0.15, 0.2) is 47.4 Å². The van der Waals surface area contributed by atoms with Gasteiger partial charge in [0.15, 0.2) is 0 Å². The number of nitrogens with one attached hydrogen (secondary N) is 1. The Morgan fingerprint density at radius 1 is 1.00 bits per heavy atom. The zero-order valence-electron chi connectivity index (χ0n) is 19.0. The van der Waals surface area contributed by atoms with Gasteiger partial charge in [-0.1, -0.05) is 41.4 Å². The summed E-state index contributed by atoms with van der Waals surface area (Å²) in [5.74, 6) is 0.657. The van der Waals surface area contributed by atoms with Crippen LogP contribution < -0.4 is 9.46 Å². The minimum Gasteiger partial charge on any atom is -0.489 e. The molecule has 0 bridgehead atoms. The number of aryl methyl sites for hydroxylation is 1. The summed E-state index contributed by atoms with van der Waals surface area (Å²) < 4.78 is 33.6. The number of rotatable bonds is 5. The molecule has 0 saturated carbocycles. The third kappa shape index (κ3) is 5.97. The van der Waals surface area contributed by atoms with Gasteiger partial charge in [-0.05, 0) is 62.4 Å². The summed E-state index contributed by atoms with van der Waals surface area (Å²) in [4.78, 5) is 16.8. The number of nitrogens with zero attached hydrogens (tertiary/aromatic N) is 2. The van der Waals surface area contributed by atoms with Crippen molar-refractivity contribution in [1.29, 1.82) is 0 Å². The van der Waals surface area contributed by atoms with Crippen LogP contribution in [-0.4, -0.2) is 62.6 Å². The average molecular weight is 526 g/mol. The van der Waals surface area contributed by atoms with Gasteiger partial charge in [-0.25, -0.2) is 17.9 Å². The molecule has 184 valence electrons. The summed E-state index contributed by atoms with van der Waals surface area (Å²) in [6, 6.07) is 11.7. The summed E-state index contributed by atoms with van der Waals surface area (Å²) in [6.45, 7) is 4.58. The monoisotopic (exact) mass is 525 g/mol. The van der Waals surface area contributed by atoms with Crippen molar-refractivity contribution in [2.24, 2.45) is 0 Å². The van der Waals surface area contributed by atoms with Crippen LogP contribution in [0.1, 0.15) is 31.2 Å². The number of urea groups is 1. The molecule has 2 amide bonds. The van der Waals surface area contributed by atoms with Crippen LogP contribution in [0.5, 0.6) is 5.75 Å². The van der Waals surface area contributed by atoms with Gasteiger partial charge in [0.25, 0.3) is 10.0 Å². The van der Waals surface area contributed by atoms with Crippen molar-refractivity contribution in [3.8, 4) is 5.75 Å². The van der Waals surface area contributed by atoms with Crippen molar-refractivity contribution in [3.63, 3.8) is 0 Å². The molecule has 0 aromatic heterocycles. The second kappa shape index (κ2) is 10.7. The predicted molar refractivity (Wildman–Crippen MR) is 133 cm³/mol. The van der Waals surface area contributed by atoms with Gasteiger partial charge in [0.2, 0.25) is 0 Å². The molecule has 7 nitrogen and oxygen atoms in total. The topological polar surface area (TPSA) is 79.0 Å². The first-order chi connectivity index (χ1) is 16.2. The highest BCUT2D eigenvalue weighted by molar-refractivity contribution is 7.90. The summed E-state index contributed by atoms with van der Waals surface area (Å²) in [5.41, 5.74) is 0.604. The molecule has 2 fully saturated rings. The van der Waals surface area contributed by atoms with Gasteiger partial charge < -0.3 is 9.64 Å². The number of sulfonamides is 1. The maximum atomic E-state index is 12.6. The number of likely N-dealkylation sites (tertiary alicyclic amines) is 2. The third-order valence-electron chi connectivity index (χ3n) is 6.54. The summed E-state index contributed by atoms with van der Waals surface area (Å²) in [6.07, 6.45) is 3.52. The van der Waals surface area contributed by atoms with Crippen LogP contribution >= 0.6 is 23.2 Å². The normalized spacial score (nSPS) is 18.6. The van der Waals surface area contributed by atoms with E-state index in [0.717, 1.165) is 38.8 Å². The van der Waals surface area contributed by atoms with Crippen molar-refractivity contribution < 1.29 is 17.9 Å². The molecule has 0 unspecified atom stereocenters. The molecule has 2 heterocycles. The lowest BCUT2D eigenvalue weighted by atomic mass is 9.99. The molecule has 2 aliphatic heterocycles. The largest absolute Gasteiger partial charge is 0.489 e. The Balaban J connectivity index is 1.24. The van der Waals surface area contributed by atoms with Gasteiger partial charge in [0.1, 0.15) is 11.9 Å². The number of hydrogen-bond acceptors (Lipinski definition) is 5. The zero-order chi connectivity index (χ0) is 24.3. The average Bonchev–Trinajstić information content (AvgIpc) is 2.81. The van der Waals surface area contributed by atoms with E-state index in [2.05, 4.69) is 9.62 Å². The molecule has 2 aromatic carbocycles. The lowest BCUT2D eigenvalue weighted by Gasteiger charge is -2.41. The van der Waals surface area contributed by atoms with E-state index in [-0.39, 0.29) is 11.0 Å². The molecular weight excluding hydrogens is 497 g/mol. The van der Waals surface area contributed by atoms with Gasteiger partial charge in [0, 0.05) is 37.2 Å². The van der Waals surface area contributed by atoms with E-state index >= 15 is 0 Å². The number of amides is 2. The second-order valence-corrected chi connectivity index (χ2v) is 11.3. The fraction of sp³-hybridized carbons (Fsp3) is 0.458. The van der Waals surface area contributed by atoms with E-state index in [0.29, 0.717) is 40.5 Å². The summed E-state index contributed by atoms with van der Waals surface area (Å²) in [5, 5.41) is 1.10. The number of piperidine rings is 2. The second-order valence-electron chi connectivity index (χ2n) is 8.82. The Kier molecular flexibility index (Phi) is 7.92. The van der Waals surface area contributed by atoms with E-state index < -0.39 is 16.1 Å². The van der Waals surface area contributed by atoms with Crippen LogP contribution in [0.2, 0.25) is 10.0 Å². The van der Waals surface area contributed by atoms with Crippen LogP contribution in [0.3, 0.4) is 0 Å². The lowest BCUT2D eigenvalue weighted by molar-refractivity contribution is 0.0540. The first-order valence-electron chi connectivity index (χ1n) is 11.5. The van der Waals surface area contributed by atoms with Crippen molar-refractivity contribution in [3.05, 3.63) is 58.1 Å². The molecule has 4 rings (SSSR count). The molecule has 0 spiro atoms. The number of ether oxygens (including phenoxy) is 1. The molecule has 2 aromatic rings. The van der Waals surface area contributed by atoms with Crippen LogP contribution in [-0.2, 0) is 10.0 Å². The lowest BCUT2D eigenvalue weighted by Crippen LogP contribution is -2.52. The van der Waals surface area contributed by atoms with Crippen molar-refractivity contribution in [2.75, 3.05) is 26.2 Å². The SMILES string of the molecule is Cc1ccccc1S(=O)(=O)NC(=O)N1CCC(N2CCC(Oc3ccc(Cl)cc3Cl)CC2)CC1. The molecule has 2 saturated heterocycles. The van der Waals surface area contributed by atoms with E-state index in [4.69, 9.17) is 27.9 Å². The Morgan fingerprint density at radius 2 is 1.68 bits per heavy atom. The van der Waals surface area contributed by atoms with Gasteiger partial charge in [-0.2, -0.15) is 0 Å². The third-order valence-corrected chi connectivity index (χ3v) is 8.55. The van der Waals surface area contributed by atoms with E-state index in [1.54, 1.807) is 48.2 Å². The maximum Gasteiger partial charge on any atom is 0.331 e. The number of benzene rings is 2. The number of halogens is 2. The maximum absolute atomic E-state index is 12.6. The quantitative estimate of drug-likeness (QED) is 0.611. The molecule has 34 heavy (non-hydrogen) atoms. The molecule has 0 atom stereocenters. The summed E-state index contributed by atoms with van der Waals surface area (Å²) in [7, 11) is -3.89. The molecule has 2 aliphatic rings. The molecule has 10 heteroatoms. The van der Waals surface area contributed by atoms with Crippen LogP contribution in [0, 0.1) is 6.92 Å². The minimum atomic E-state index is -3.89. The summed E-state index contributed by atoms with van der Waals surface area (Å²) >= 11 is 12.2. The number of carbonyl (C=O) groups is 1. The Bertz CT molecular complexity index is 1130. The van der Waals surface area contributed by atoms with Crippen LogP contribution in [0.25, 0.3) is 0 Å². The first kappa shape index (κ1) is 25.1. The van der Waals surface area contributed by atoms with Crippen molar-refractivity contribution >= 4 is 39.3 Å². The molecule has 0 radical (unpaired) electrons. The molecular formula is C24H29Cl2N3O4S. The number of carbonyl (C=O) groups excluding carboxylic acids is 1. The van der Waals surface area contributed by atoms with Gasteiger partial charge in [-0.15, -0.1) is 0 Å². The first-order valence-corrected chi connectivity index (χ1v) is 13.7. The standard InChI is InChI=1S/C24H29Cl2N3O4S/c1-17-4-2-3-5-23(17)34(31,32)27-24(30)29-12-8-19(9-13-29)28-14-10-20(11-15-28)33-22-7-6-18(25)16-21(22)26/h2-7,16,19-20H,8-15H2,1H3,(H,27,30). The highest BCUT2D eigenvalue weighted by Gasteiger charge is 2.31. The van der Waals surface area contributed by atoms with E-state index in [1.165, 1.54) is 6.07 Å². The van der Waals surface area contributed by atoms with Gasteiger partial charge in [0.05, 0.1) is 9.92 Å². The van der Waals surface area contributed by atoms with Gasteiger partial charge in [-0.3, -0.25) is 4.90 Å². The smallest absolute Gasteiger partial charge is 0.331 e. The Hall–Kier alpha value is -2.00. The van der Waals surface area contributed by atoms with E-state index in [9.17, 15) is 13.2 Å². The van der Waals surface area contributed by atoms with Crippen LogP contribution in [0.4, 0.5) is 4.79 Å². The Labute approximate surface area is 211 Å². The van der Waals surface area contributed by atoms with Gasteiger partial charge >= 0.3 is 6.03 Å². The molecule has 1 N–H and O–H groups in total. The molecule has 0 aliphatic carbocycles. The highest BCUT2D eigenvalue weighted by atomic mass is 35.5. The predicted octanol–water partition coefficient (Wildman–Crippen LogP) is 4.71. The fourth-order valence-electron chi connectivity index (χ4n) is 4.64.